The lowest BCUT2D eigenvalue weighted by Crippen LogP contribution is -2.24. The van der Waals surface area contributed by atoms with Gasteiger partial charge < -0.3 is 24.1 Å². The molecule has 0 radical (unpaired) electrons. The van der Waals surface area contributed by atoms with Crippen LogP contribution >= 0.6 is 0 Å². The summed E-state index contributed by atoms with van der Waals surface area (Å²) in [5, 5.41) is 9.13. The zero-order valence-electron chi connectivity index (χ0n) is 11.6. The van der Waals surface area contributed by atoms with Crippen molar-refractivity contribution in [3.8, 4) is 11.5 Å². The van der Waals surface area contributed by atoms with E-state index < -0.39 is 0 Å². The first-order chi connectivity index (χ1) is 9.84. The zero-order chi connectivity index (χ0) is 14.0. The van der Waals surface area contributed by atoms with Crippen molar-refractivity contribution in [2.75, 3.05) is 33.0 Å². The summed E-state index contributed by atoms with van der Waals surface area (Å²) in [7, 11) is 0. The Hall–Kier alpha value is -1.30. The van der Waals surface area contributed by atoms with E-state index in [0.29, 0.717) is 26.4 Å². The van der Waals surface area contributed by atoms with E-state index in [1.54, 1.807) is 24.3 Å². The fourth-order valence-corrected chi connectivity index (χ4v) is 1.94. The van der Waals surface area contributed by atoms with Crippen molar-refractivity contribution >= 4 is 0 Å². The summed E-state index contributed by atoms with van der Waals surface area (Å²) in [5.74, 6) is 0.953. The highest BCUT2D eigenvalue weighted by Gasteiger charge is 2.13. The molecule has 112 valence electrons. The van der Waals surface area contributed by atoms with Crippen molar-refractivity contribution < 1.29 is 24.1 Å². The third-order valence-corrected chi connectivity index (χ3v) is 3.00. The van der Waals surface area contributed by atoms with Crippen molar-refractivity contribution in [2.24, 2.45) is 0 Å². The van der Waals surface area contributed by atoms with Crippen LogP contribution in [0.2, 0.25) is 0 Å². The molecular weight excluding hydrogens is 260 g/mol. The zero-order valence-corrected chi connectivity index (χ0v) is 11.6. The molecule has 0 aliphatic carbocycles. The predicted molar refractivity (Wildman–Crippen MR) is 74.0 cm³/mol. The number of aromatic hydroxyl groups is 1. The molecule has 0 bridgehead atoms. The monoisotopic (exact) mass is 282 g/mol. The molecular formula is C15H22O5. The molecule has 1 heterocycles. The third-order valence-electron chi connectivity index (χ3n) is 3.00. The first-order valence-electron chi connectivity index (χ1n) is 7.07. The quantitative estimate of drug-likeness (QED) is 0.742. The van der Waals surface area contributed by atoms with E-state index >= 15 is 0 Å². The van der Waals surface area contributed by atoms with Gasteiger partial charge in [0.25, 0.3) is 0 Å². The number of hydrogen-bond acceptors (Lipinski definition) is 5. The summed E-state index contributed by atoms with van der Waals surface area (Å²) < 4.78 is 21.9. The maximum absolute atomic E-state index is 9.13. The van der Waals surface area contributed by atoms with Gasteiger partial charge in [-0.2, -0.15) is 0 Å². The topological polar surface area (TPSA) is 57.2 Å². The molecule has 1 aromatic rings. The Balaban J connectivity index is 1.44. The highest BCUT2D eigenvalue weighted by Crippen LogP contribution is 2.15. The van der Waals surface area contributed by atoms with Crippen LogP contribution in [0.15, 0.2) is 24.3 Å². The Bertz CT molecular complexity index is 359. The second-order valence-corrected chi connectivity index (χ2v) is 4.62. The van der Waals surface area contributed by atoms with Crippen LogP contribution in [0.3, 0.4) is 0 Å². The number of rotatable bonds is 8. The number of phenols is 1. The highest BCUT2D eigenvalue weighted by molar-refractivity contribution is 5.29. The van der Waals surface area contributed by atoms with Gasteiger partial charge in [-0.15, -0.1) is 0 Å². The summed E-state index contributed by atoms with van der Waals surface area (Å²) in [6.45, 7) is 2.87. The Kier molecular flexibility index (Phi) is 6.63. The maximum Gasteiger partial charge on any atom is 0.157 e. The second kappa shape index (κ2) is 8.79. The molecule has 2 rings (SSSR count). The normalized spacial score (nSPS) is 18.9. The summed E-state index contributed by atoms with van der Waals surface area (Å²) in [6.07, 6.45) is 3.22. The molecule has 1 aromatic carbocycles. The van der Waals surface area contributed by atoms with Crippen LogP contribution in [0.4, 0.5) is 0 Å². The number of benzene rings is 1. The van der Waals surface area contributed by atoms with E-state index in [9.17, 15) is 0 Å². The molecule has 0 saturated carbocycles. The van der Waals surface area contributed by atoms with Crippen LogP contribution in [-0.2, 0) is 14.2 Å². The summed E-state index contributed by atoms with van der Waals surface area (Å²) in [4.78, 5) is 0. The SMILES string of the molecule is Oc1ccc(OCCOCCOC2CCCCO2)cc1. The lowest BCUT2D eigenvalue weighted by Gasteiger charge is -2.22. The van der Waals surface area contributed by atoms with Crippen molar-refractivity contribution in [2.45, 2.75) is 25.6 Å². The van der Waals surface area contributed by atoms with Crippen LogP contribution in [0.5, 0.6) is 11.5 Å². The molecule has 1 aliphatic rings. The average molecular weight is 282 g/mol. The molecule has 0 spiro atoms. The third kappa shape index (κ3) is 5.77. The molecule has 20 heavy (non-hydrogen) atoms. The van der Waals surface area contributed by atoms with Gasteiger partial charge in [0.2, 0.25) is 0 Å². The van der Waals surface area contributed by atoms with Crippen molar-refractivity contribution in [3.63, 3.8) is 0 Å². The number of hydrogen-bond donors (Lipinski definition) is 1. The van der Waals surface area contributed by atoms with Gasteiger partial charge in [0.15, 0.2) is 6.29 Å². The molecule has 0 amide bonds. The van der Waals surface area contributed by atoms with Crippen LogP contribution < -0.4 is 4.74 Å². The van der Waals surface area contributed by atoms with Crippen LogP contribution in [0.25, 0.3) is 0 Å². The highest BCUT2D eigenvalue weighted by atomic mass is 16.7. The molecule has 0 aromatic heterocycles. The standard InChI is InChI=1S/C15H22O5/c16-13-4-6-14(7-5-13)18-11-9-17-10-12-20-15-3-1-2-8-19-15/h4-7,15-16H,1-3,8-12H2. The Morgan fingerprint density at radius 3 is 2.60 bits per heavy atom. The Morgan fingerprint density at radius 1 is 1.05 bits per heavy atom. The number of ether oxygens (including phenoxy) is 4. The Labute approximate surface area is 119 Å². The largest absolute Gasteiger partial charge is 0.508 e. The minimum atomic E-state index is -0.0550. The molecule has 1 aliphatic heterocycles. The van der Waals surface area contributed by atoms with Crippen LogP contribution in [0.1, 0.15) is 19.3 Å². The van der Waals surface area contributed by atoms with Gasteiger partial charge >= 0.3 is 0 Å². The minimum Gasteiger partial charge on any atom is -0.508 e. The van der Waals surface area contributed by atoms with Gasteiger partial charge in [0.1, 0.15) is 18.1 Å². The van der Waals surface area contributed by atoms with E-state index in [-0.39, 0.29) is 12.0 Å². The van der Waals surface area contributed by atoms with E-state index in [1.165, 1.54) is 6.42 Å². The minimum absolute atomic E-state index is 0.0550. The van der Waals surface area contributed by atoms with Gasteiger partial charge in [-0.25, -0.2) is 0 Å². The van der Waals surface area contributed by atoms with Crippen LogP contribution in [0, 0.1) is 0 Å². The van der Waals surface area contributed by atoms with Crippen molar-refractivity contribution in [3.05, 3.63) is 24.3 Å². The van der Waals surface area contributed by atoms with E-state index in [1.807, 2.05) is 0 Å². The molecule has 1 atom stereocenters. The van der Waals surface area contributed by atoms with Gasteiger partial charge in [-0.1, -0.05) is 0 Å². The predicted octanol–water partition coefficient (Wildman–Crippen LogP) is 2.33. The molecule has 5 heteroatoms. The fourth-order valence-electron chi connectivity index (χ4n) is 1.94. The Morgan fingerprint density at radius 2 is 1.85 bits per heavy atom. The van der Waals surface area contributed by atoms with E-state index in [4.69, 9.17) is 24.1 Å². The van der Waals surface area contributed by atoms with Crippen molar-refractivity contribution in [1.82, 2.24) is 0 Å². The molecule has 1 fully saturated rings. The summed E-state index contributed by atoms with van der Waals surface area (Å²) in [6, 6.07) is 6.63. The van der Waals surface area contributed by atoms with Crippen molar-refractivity contribution in [1.29, 1.82) is 0 Å². The van der Waals surface area contributed by atoms with E-state index in [2.05, 4.69) is 0 Å². The lowest BCUT2D eigenvalue weighted by atomic mass is 10.2. The smallest absolute Gasteiger partial charge is 0.157 e. The average Bonchev–Trinajstić information content (AvgIpc) is 2.49. The van der Waals surface area contributed by atoms with Gasteiger partial charge in [0, 0.05) is 6.61 Å². The van der Waals surface area contributed by atoms with Gasteiger partial charge in [-0.3, -0.25) is 0 Å². The maximum atomic E-state index is 9.13. The van der Waals surface area contributed by atoms with Gasteiger partial charge in [0.05, 0.1) is 19.8 Å². The van der Waals surface area contributed by atoms with Crippen LogP contribution in [-0.4, -0.2) is 44.4 Å². The molecule has 1 N–H and O–H groups in total. The van der Waals surface area contributed by atoms with E-state index in [0.717, 1.165) is 25.2 Å². The fraction of sp³-hybridized carbons (Fsp3) is 0.600. The second-order valence-electron chi connectivity index (χ2n) is 4.62. The van der Waals surface area contributed by atoms with Gasteiger partial charge in [-0.05, 0) is 43.5 Å². The molecule has 1 unspecified atom stereocenters. The summed E-state index contributed by atoms with van der Waals surface area (Å²) in [5.41, 5.74) is 0. The number of phenolic OH excluding ortho intramolecular Hbond substituents is 1. The molecule has 5 nitrogen and oxygen atoms in total. The molecule has 1 saturated heterocycles. The first-order valence-corrected chi connectivity index (χ1v) is 7.07. The summed E-state index contributed by atoms with van der Waals surface area (Å²) >= 11 is 0. The first kappa shape index (κ1) is 15.1. The lowest BCUT2D eigenvalue weighted by molar-refractivity contribution is -0.169.